The second kappa shape index (κ2) is 6.49. The van der Waals surface area contributed by atoms with Gasteiger partial charge in [0.2, 0.25) is 5.91 Å². The van der Waals surface area contributed by atoms with Crippen molar-refractivity contribution >= 4 is 27.7 Å². The Hall–Kier alpha value is -2.22. The number of hydrogen-bond acceptors (Lipinski definition) is 4. The monoisotopic (exact) mass is 352 g/mol. The van der Waals surface area contributed by atoms with Gasteiger partial charge >= 0.3 is 5.82 Å². The summed E-state index contributed by atoms with van der Waals surface area (Å²) in [5, 5.41) is 17.0. The summed E-state index contributed by atoms with van der Waals surface area (Å²) in [4.78, 5) is 21.8. The molecule has 1 aromatic carbocycles. The molecule has 2 aromatic rings. The lowest BCUT2D eigenvalue weighted by Crippen LogP contribution is -2.30. The summed E-state index contributed by atoms with van der Waals surface area (Å²) in [7, 11) is 0. The Morgan fingerprint density at radius 3 is 2.90 bits per heavy atom. The Morgan fingerprint density at radius 1 is 1.52 bits per heavy atom. The number of aromatic nitrogens is 2. The molecule has 1 amide bonds. The quantitative estimate of drug-likeness (QED) is 0.660. The van der Waals surface area contributed by atoms with Gasteiger partial charge in [0, 0.05) is 4.47 Å². The maximum absolute atomic E-state index is 11.9. The Bertz CT molecular complexity index is 671. The van der Waals surface area contributed by atoms with Gasteiger partial charge < -0.3 is 15.4 Å². The zero-order valence-electron chi connectivity index (χ0n) is 11.2. The fourth-order valence-corrected chi connectivity index (χ4v) is 2.25. The van der Waals surface area contributed by atoms with Crippen LogP contribution in [-0.2, 0) is 11.3 Å². The van der Waals surface area contributed by atoms with E-state index >= 15 is 0 Å². The van der Waals surface area contributed by atoms with E-state index in [0.29, 0.717) is 0 Å². The molecule has 1 aromatic heterocycles. The highest BCUT2D eigenvalue weighted by Crippen LogP contribution is 2.17. The molecule has 0 aliphatic rings. The summed E-state index contributed by atoms with van der Waals surface area (Å²) in [6, 6.07) is 8.71. The summed E-state index contributed by atoms with van der Waals surface area (Å²) in [6.07, 6.45) is 1.40. The SMILES string of the molecule is CC(NC(=O)Cn1ccc([N+](=O)[O-])n1)c1cccc(Br)c1. The minimum Gasteiger partial charge on any atom is -0.358 e. The van der Waals surface area contributed by atoms with Crippen molar-refractivity contribution in [1.82, 2.24) is 15.1 Å². The third-order valence-electron chi connectivity index (χ3n) is 2.85. The van der Waals surface area contributed by atoms with Crippen LogP contribution in [0.25, 0.3) is 0 Å². The molecule has 1 atom stereocenters. The van der Waals surface area contributed by atoms with Gasteiger partial charge in [-0.3, -0.25) is 4.79 Å². The standard InChI is InChI=1S/C13H13BrN4O3/c1-9(10-3-2-4-11(14)7-10)15-13(19)8-17-6-5-12(16-17)18(20)21/h2-7,9H,8H2,1H3,(H,15,19). The number of carbonyl (C=O) groups excluding carboxylic acids is 1. The second-order valence-corrected chi connectivity index (χ2v) is 5.39. The van der Waals surface area contributed by atoms with Gasteiger partial charge in [0.15, 0.2) is 0 Å². The predicted octanol–water partition coefficient (Wildman–Crippen LogP) is 2.43. The second-order valence-electron chi connectivity index (χ2n) is 4.47. The molecule has 0 radical (unpaired) electrons. The van der Waals surface area contributed by atoms with Crippen LogP contribution in [0.2, 0.25) is 0 Å². The highest BCUT2D eigenvalue weighted by molar-refractivity contribution is 9.10. The molecule has 21 heavy (non-hydrogen) atoms. The van der Waals surface area contributed by atoms with Crippen molar-refractivity contribution < 1.29 is 9.72 Å². The molecule has 0 saturated carbocycles. The van der Waals surface area contributed by atoms with E-state index in [2.05, 4.69) is 26.3 Å². The van der Waals surface area contributed by atoms with Gasteiger partial charge in [-0.15, -0.1) is 0 Å². The predicted molar refractivity (Wildman–Crippen MR) is 79.6 cm³/mol. The first-order valence-corrected chi connectivity index (χ1v) is 6.97. The van der Waals surface area contributed by atoms with Crippen LogP contribution in [0.5, 0.6) is 0 Å². The summed E-state index contributed by atoms with van der Waals surface area (Å²) in [5.74, 6) is -0.539. The first-order valence-electron chi connectivity index (χ1n) is 6.18. The molecule has 1 heterocycles. The fraction of sp³-hybridized carbons (Fsp3) is 0.231. The van der Waals surface area contributed by atoms with Crippen LogP contribution in [0.3, 0.4) is 0 Å². The summed E-state index contributed by atoms with van der Waals surface area (Å²) in [5.41, 5.74) is 0.962. The third kappa shape index (κ3) is 4.12. The highest BCUT2D eigenvalue weighted by Gasteiger charge is 2.15. The third-order valence-corrected chi connectivity index (χ3v) is 3.34. The molecule has 2 rings (SSSR count). The van der Waals surface area contributed by atoms with Crippen molar-refractivity contribution in [2.45, 2.75) is 19.5 Å². The number of nitrogens with zero attached hydrogens (tertiary/aromatic N) is 3. The molecule has 0 saturated heterocycles. The minimum absolute atomic E-state index is 0.0633. The molecule has 7 nitrogen and oxygen atoms in total. The lowest BCUT2D eigenvalue weighted by atomic mass is 10.1. The lowest BCUT2D eigenvalue weighted by molar-refractivity contribution is -0.389. The van der Waals surface area contributed by atoms with Gasteiger partial charge in [0.1, 0.15) is 6.54 Å². The van der Waals surface area contributed by atoms with Gasteiger partial charge in [0.25, 0.3) is 0 Å². The van der Waals surface area contributed by atoms with Crippen molar-refractivity contribution in [2.24, 2.45) is 0 Å². The molecule has 0 spiro atoms. The van der Waals surface area contributed by atoms with Gasteiger partial charge in [-0.25, -0.2) is 0 Å². The maximum atomic E-state index is 11.9. The highest BCUT2D eigenvalue weighted by atomic mass is 79.9. The van der Waals surface area contributed by atoms with Crippen LogP contribution in [-0.4, -0.2) is 20.6 Å². The van der Waals surface area contributed by atoms with Crippen molar-refractivity contribution in [1.29, 1.82) is 0 Å². The van der Waals surface area contributed by atoms with E-state index in [-0.39, 0.29) is 24.3 Å². The summed E-state index contributed by atoms with van der Waals surface area (Å²) in [6.45, 7) is 1.80. The molecular formula is C13H13BrN4O3. The van der Waals surface area contributed by atoms with Gasteiger partial charge in [-0.05, 0) is 29.5 Å². The number of amides is 1. The number of benzene rings is 1. The molecule has 1 unspecified atom stereocenters. The van der Waals surface area contributed by atoms with Crippen molar-refractivity contribution in [2.75, 3.05) is 0 Å². The lowest BCUT2D eigenvalue weighted by Gasteiger charge is -2.14. The Balaban J connectivity index is 1.96. The Morgan fingerprint density at radius 2 is 2.29 bits per heavy atom. The first-order chi connectivity index (χ1) is 9.95. The number of nitrogens with one attached hydrogen (secondary N) is 1. The zero-order valence-corrected chi connectivity index (χ0v) is 12.8. The summed E-state index contributed by atoms with van der Waals surface area (Å²) < 4.78 is 2.17. The van der Waals surface area contributed by atoms with Gasteiger partial charge in [-0.2, -0.15) is 4.68 Å². The Kier molecular flexibility index (Phi) is 4.69. The van der Waals surface area contributed by atoms with Crippen LogP contribution in [0.1, 0.15) is 18.5 Å². The smallest absolute Gasteiger partial charge is 0.358 e. The molecule has 8 heteroatoms. The zero-order chi connectivity index (χ0) is 15.4. The number of rotatable bonds is 5. The fourth-order valence-electron chi connectivity index (χ4n) is 1.83. The van der Waals surface area contributed by atoms with E-state index in [1.54, 1.807) is 0 Å². The van der Waals surface area contributed by atoms with Crippen LogP contribution >= 0.6 is 15.9 Å². The number of nitro groups is 1. The largest absolute Gasteiger partial charge is 0.389 e. The molecule has 0 bridgehead atoms. The minimum atomic E-state index is -0.599. The van der Waals surface area contributed by atoms with Crippen molar-refractivity contribution in [3.8, 4) is 0 Å². The maximum Gasteiger partial charge on any atom is 0.389 e. The molecule has 1 N–H and O–H groups in total. The first kappa shape index (κ1) is 15.2. The van der Waals surface area contributed by atoms with E-state index in [9.17, 15) is 14.9 Å². The topological polar surface area (TPSA) is 90.1 Å². The number of halogens is 1. The average Bonchev–Trinajstić information content (AvgIpc) is 2.87. The molecular weight excluding hydrogens is 340 g/mol. The van der Waals surface area contributed by atoms with E-state index in [0.717, 1.165) is 10.0 Å². The van der Waals surface area contributed by atoms with Crippen molar-refractivity contribution in [3.05, 3.63) is 56.7 Å². The van der Waals surface area contributed by atoms with E-state index in [1.165, 1.54) is 16.9 Å². The molecule has 0 aliphatic heterocycles. The van der Waals surface area contributed by atoms with Gasteiger partial charge in [0.05, 0.1) is 23.4 Å². The molecule has 110 valence electrons. The van der Waals surface area contributed by atoms with E-state index in [1.807, 2.05) is 31.2 Å². The number of carbonyl (C=O) groups is 1. The van der Waals surface area contributed by atoms with Crippen LogP contribution in [0.4, 0.5) is 5.82 Å². The Labute approximate surface area is 129 Å². The van der Waals surface area contributed by atoms with Crippen LogP contribution < -0.4 is 5.32 Å². The molecule has 0 fully saturated rings. The number of hydrogen-bond donors (Lipinski definition) is 1. The summed E-state index contributed by atoms with van der Waals surface area (Å²) >= 11 is 3.38. The normalized spacial score (nSPS) is 11.9. The van der Waals surface area contributed by atoms with Crippen LogP contribution in [0, 0.1) is 10.1 Å². The van der Waals surface area contributed by atoms with Crippen molar-refractivity contribution in [3.63, 3.8) is 0 Å². The molecule has 0 aliphatic carbocycles. The average molecular weight is 353 g/mol. The van der Waals surface area contributed by atoms with E-state index in [4.69, 9.17) is 0 Å². The van der Waals surface area contributed by atoms with Gasteiger partial charge in [-0.1, -0.05) is 28.1 Å². The van der Waals surface area contributed by atoms with E-state index < -0.39 is 4.92 Å². The van der Waals surface area contributed by atoms with Crippen LogP contribution in [0.15, 0.2) is 41.0 Å².